The summed E-state index contributed by atoms with van der Waals surface area (Å²) in [6, 6.07) is 5.16. The van der Waals surface area contributed by atoms with Gasteiger partial charge in [-0.2, -0.15) is 0 Å². The predicted molar refractivity (Wildman–Crippen MR) is 64.6 cm³/mol. The average molecular weight is 288 g/mol. The number of aliphatic hydroxyl groups excluding tert-OH is 1. The van der Waals surface area contributed by atoms with Crippen molar-refractivity contribution in [2.45, 2.75) is 38.0 Å². The van der Waals surface area contributed by atoms with Crippen molar-refractivity contribution in [3.05, 3.63) is 34.1 Å². The molecule has 2 unspecified atom stereocenters. The van der Waals surface area contributed by atoms with Crippen LogP contribution in [0.2, 0.25) is 0 Å². The highest BCUT2D eigenvalue weighted by molar-refractivity contribution is 9.10. The highest BCUT2D eigenvalue weighted by Gasteiger charge is 2.24. The van der Waals surface area contributed by atoms with E-state index in [1.807, 2.05) is 0 Å². The molecule has 16 heavy (non-hydrogen) atoms. The first-order valence-electron chi connectivity index (χ1n) is 5.52. The largest absolute Gasteiger partial charge is 0.392 e. The molecule has 0 aromatic heterocycles. The zero-order valence-corrected chi connectivity index (χ0v) is 10.5. The molecule has 4 heteroatoms. The molecule has 0 radical (unpaired) electrons. The molecule has 0 amide bonds. The van der Waals surface area contributed by atoms with Crippen LogP contribution in [-0.4, -0.2) is 17.3 Å². The van der Waals surface area contributed by atoms with Crippen molar-refractivity contribution in [3.63, 3.8) is 0 Å². The lowest BCUT2D eigenvalue weighted by Gasteiger charge is -2.16. The lowest BCUT2D eigenvalue weighted by atomic mass is 10.1. The SMILES string of the molecule is OC1CCCC1NCc1ccc(F)c(Br)c1. The third kappa shape index (κ3) is 2.81. The highest BCUT2D eigenvalue weighted by Crippen LogP contribution is 2.20. The van der Waals surface area contributed by atoms with Gasteiger partial charge in [0.1, 0.15) is 5.82 Å². The standard InChI is InChI=1S/C12H15BrFNO/c13-9-6-8(4-5-10(9)14)7-15-11-2-1-3-12(11)16/h4-6,11-12,15-16H,1-3,7H2. The van der Waals surface area contributed by atoms with E-state index >= 15 is 0 Å². The molecule has 0 spiro atoms. The highest BCUT2D eigenvalue weighted by atomic mass is 79.9. The summed E-state index contributed by atoms with van der Waals surface area (Å²) >= 11 is 3.16. The maximum atomic E-state index is 13.0. The fourth-order valence-corrected chi connectivity index (χ4v) is 2.50. The van der Waals surface area contributed by atoms with Crippen molar-refractivity contribution in [1.82, 2.24) is 5.32 Å². The van der Waals surface area contributed by atoms with Crippen LogP contribution in [0, 0.1) is 5.82 Å². The fourth-order valence-electron chi connectivity index (χ4n) is 2.08. The molecule has 1 saturated carbocycles. The zero-order chi connectivity index (χ0) is 11.5. The van der Waals surface area contributed by atoms with Crippen LogP contribution in [0.25, 0.3) is 0 Å². The van der Waals surface area contributed by atoms with Crippen LogP contribution in [0.5, 0.6) is 0 Å². The van der Waals surface area contributed by atoms with Crippen LogP contribution in [-0.2, 0) is 6.54 Å². The van der Waals surface area contributed by atoms with E-state index in [-0.39, 0.29) is 18.0 Å². The maximum absolute atomic E-state index is 13.0. The number of hydrogen-bond acceptors (Lipinski definition) is 2. The monoisotopic (exact) mass is 287 g/mol. The Kier molecular flexibility index (Phi) is 3.95. The molecule has 2 rings (SSSR count). The molecule has 0 bridgehead atoms. The van der Waals surface area contributed by atoms with Gasteiger partial charge in [0.25, 0.3) is 0 Å². The van der Waals surface area contributed by atoms with Crippen molar-refractivity contribution >= 4 is 15.9 Å². The van der Waals surface area contributed by atoms with Crippen molar-refractivity contribution in [3.8, 4) is 0 Å². The Morgan fingerprint density at radius 2 is 2.25 bits per heavy atom. The molecule has 1 aromatic carbocycles. The lowest BCUT2D eigenvalue weighted by Crippen LogP contribution is -2.35. The first kappa shape index (κ1) is 12.0. The van der Waals surface area contributed by atoms with Gasteiger partial charge in [-0.1, -0.05) is 6.07 Å². The minimum atomic E-state index is -0.246. The topological polar surface area (TPSA) is 32.3 Å². The molecule has 0 heterocycles. The third-order valence-corrected chi connectivity index (χ3v) is 3.64. The van der Waals surface area contributed by atoms with Crippen molar-refractivity contribution in [2.75, 3.05) is 0 Å². The number of benzene rings is 1. The predicted octanol–water partition coefficient (Wildman–Crippen LogP) is 2.59. The summed E-state index contributed by atoms with van der Waals surface area (Å²) in [4.78, 5) is 0. The number of rotatable bonds is 3. The van der Waals surface area contributed by atoms with Gasteiger partial charge in [-0.15, -0.1) is 0 Å². The first-order valence-corrected chi connectivity index (χ1v) is 6.31. The van der Waals surface area contributed by atoms with E-state index in [0.29, 0.717) is 11.0 Å². The summed E-state index contributed by atoms with van der Waals surface area (Å²) in [5, 5.41) is 12.9. The second-order valence-corrected chi connectivity index (χ2v) is 5.09. The summed E-state index contributed by atoms with van der Waals surface area (Å²) < 4.78 is 13.5. The van der Waals surface area contributed by atoms with Crippen molar-refractivity contribution in [1.29, 1.82) is 0 Å². The molecular weight excluding hydrogens is 273 g/mol. The van der Waals surface area contributed by atoms with Gasteiger partial charge in [0.15, 0.2) is 0 Å². The Hall–Kier alpha value is -0.450. The van der Waals surface area contributed by atoms with Gasteiger partial charge in [0.05, 0.1) is 10.6 Å². The van der Waals surface area contributed by atoms with Gasteiger partial charge in [-0.25, -0.2) is 4.39 Å². The summed E-state index contributed by atoms with van der Waals surface area (Å²) in [7, 11) is 0. The van der Waals surface area contributed by atoms with Gasteiger partial charge < -0.3 is 10.4 Å². The number of hydrogen-bond donors (Lipinski definition) is 2. The van der Waals surface area contributed by atoms with E-state index in [1.165, 1.54) is 6.07 Å². The molecule has 0 aliphatic heterocycles. The molecule has 1 aliphatic carbocycles. The lowest BCUT2D eigenvalue weighted by molar-refractivity contribution is 0.148. The molecule has 88 valence electrons. The normalized spacial score (nSPS) is 24.9. The molecule has 2 N–H and O–H groups in total. The molecular formula is C12H15BrFNO. The average Bonchev–Trinajstić information content (AvgIpc) is 2.66. The maximum Gasteiger partial charge on any atom is 0.137 e. The van der Waals surface area contributed by atoms with E-state index in [9.17, 15) is 9.50 Å². The van der Waals surface area contributed by atoms with Crippen molar-refractivity contribution in [2.24, 2.45) is 0 Å². The Morgan fingerprint density at radius 3 is 2.88 bits per heavy atom. The molecule has 2 nitrogen and oxygen atoms in total. The molecule has 1 aliphatic rings. The summed E-state index contributed by atoms with van der Waals surface area (Å²) in [6.07, 6.45) is 2.74. The van der Waals surface area contributed by atoms with Gasteiger partial charge in [0.2, 0.25) is 0 Å². The van der Waals surface area contributed by atoms with Crippen LogP contribution < -0.4 is 5.32 Å². The zero-order valence-electron chi connectivity index (χ0n) is 8.92. The number of halogens is 2. The number of nitrogens with one attached hydrogen (secondary N) is 1. The van der Waals surface area contributed by atoms with Crippen molar-refractivity contribution < 1.29 is 9.50 Å². The Morgan fingerprint density at radius 1 is 1.44 bits per heavy atom. The second kappa shape index (κ2) is 5.25. The summed E-state index contributed by atoms with van der Waals surface area (Å²) in [5.74, 6) is -0.246. The van der Waals surface area contributed by atoms with E-state index in [0.717, 1.165) is 24.8 Å². The minimum Gasteiger partial charge on any atom is -0.392 e. The van der Waals surface area contributed by atoms with Gasteiger partial charge >= 0.3 is 0 Å². The van der Waals surface area contributed by atoms with Crippen LogP contribution in [0.4, 0.5) is 4.39 Å². The number of aliphatic hydroxyl groups is 1. The molecule has 0 saturated heterocycles. The van der Waals surface area contributed by atoms with Crippen LogP contribution in [0.3, 0.4) is 0 Å². The second-order valence-electron chi connectivity index (χ2n) is 4.23. The van der Waals surface area contributed by atoms with E-state index in [1.54, 1.807) is 12.1 Å². The van der Waals surface area contributed by atoms with Crippen LogP contribution in [0.15, 0.2) is 22.7 Å². The van der Waals surface area contributed by atoms with E-state index in [2.05, 4.69) is 21.2 Å². The molecule has 1 aromatic rings. The first-order chi connectivity index (χ1) is 7.66. The Balaban J connectivity index is 1.91. The van der Waals surface area contributed by atoms with Gasteiger partial charge in [-0.05, 0) is 52.9 Å². The van der Waals surface area contributed by atoms with Gasteiger partial charge in [0, 0.05) is 12.6 Å². The van der Waals surface area contributed by atoms with Crippen LogP contribution >= 0.6 is 15.9 Å². The van der Waals surface area contributed by atoms with E-state index < -0.39 is 0 Å². The molecule has 2 atom stereocenters. The Bertz CT molecular complexity index is 372. The third-order valence-electron chi connectivity index (χ3n) is 3.03. The summed E-state index contributed by atoms with van der Waals surface area (Å²) in [5.41, 5.74) is 1.02. The minimum absolute atomic E-state index is 0.184. The van der Waals surface area contributed by atoms with Crippen LogP contribution in [0.1, 0.15) is 24.8 Å². The fraction of sp³-hybridized carbons (Fsp3) is 0.500. The summed E-state index contributed by atoms with van der Waals surface area (Å²) in [6.45, 7) is 0.667. The quantitative estimate of drug-likeness (QED) is 0.896. The van der Waals surface area contributed by atoms with Gasteiger partial charge in [-0.3, -0.25) is 0 Å². The molecule has 1 fully saturated rings. The van der Waals surface area contributed by atoms with E-state index in [4.69, 9.17) is 0 Å². The Labute approximate surface area is 103 Å². The smallest absolute Gasteiger partial charge is 0.137 e.